The second kappa shape index (κ2) is 5.25. The minimum absolute atomic E-state index is 0.487. The summed E-state index contributed by atoms with van der Waals surface area (Å²) in [7, 11) is 3.85. The van der Waals surface area contributed by atoms with Crippen molar-refractivity contribution in [1.29, 1.82) is 0 Å². The Kier molecular flexibility index (Phi) is 3.85. The number of fused-ring (bicyclic) bond motifs is 1. The molecule has 2 aromatic rings. The van der Waals surface area contributed by atoms with Gasteiger partial charge in [-0.3, -0.25) is 0 Å². The molecule has 0 atom stereocenters. The fourth-order valence-electron chi connectivity index (χ4n) is 2.63. The predicted octanol–water partition coefficient (Wildman–Crippen LogP) is 3.30. The molecule has 0 radical (unpaired) electrons. The Morgan fingerprint density at radius 3 is 2.53 bits per heavy atom. The maximum Gasteiger partial charge on any atom is 0.143 e. The van der Waals surface area contributed by atoms with Crippen LogP contribution in [0.3, 0.4) is 0 Å². The zero-order chi connectivity index (χ0) is 14.2. The van der Waals surface area contributed by atoms with E-state index < -0.39 is 0 Å². The van der Waals surface area contributed by atoms with Crippen LogP contribution in [-0.2, 0) is 13.6 Å². The number of rotatable bonds is 4. The second-order valence-electron chi connectivity index (χ2n) is 5.53. The van der Waals surface area contributed by atoms with Gasteiger partial charge in [-0.15, -0.1) is 0 Å². The van der Waals surface area contributed by atoms with Crippen LogP contribution >= 0.6 is 0 Å². The summed E-state index contributed by atoms with van der Waals surface area (Å²) in [5.74, 6) is 0.955. The molecule has 0 aliphatic heterocycles. The van der Waals surface area contributed by atoms with Crippen molar-refractivity contribution >= 4 is 10.9 Å². The molecule has 0 saturated heterocycles. The highest BCUT2D eigenvalue weighted by Crippen LogP contribution is 2.33. The number of nitrogens with one attached hydrogen (secondary N) is 1. The smallest absolute Gasteiger partial charge is 0.143 e. The van der Waals surface area contributed by atoms with Crippen LogP contribution in [0.2, 0.25) is 0 Å². The summed E-state index contributed by atoms with van der Waals surface area (Å²) in [6, 6.07) is 4.83. The molecule has 19 heavy (non-hydrogen) atoms. The highest BCUT2D eigenvalue weighted by molar-refractivity contribution is 5.91. The number of hydrogen-bond acceptors (Lipinski definition) is 2. The number of aryl methyl sites for hydroxylation is 3. The topological polar surface area (TPSA) is 26.2 Å². The minimum Gasteiger partial charge on any atom is -0.495 e. The van der Waals surface area contributed by atoms with Crippen molar-refractivity contribution in [3.05, 3.63) is 29.0 Å². The molecule has 0 spiro atoms. The molecule has 0 aliphatic carbocycles. The van der Waals surface area contributed by atoms with Crippen LogP contribution in [0.5, 0.6) is 5.75 Å². The first-order chi connectivity index (χ1) is 8.95. The van der Waals surface area contributed by atoms with E-state index >= 15 is 0 Å². The Morgan fingerprint density at radius 1 is 1.26 bits per heavy atom. The van der Waals surface area contributed by atoms with Gasteiger partial charge in [-0.05, 0) is 37.1 Å². The lowest BCUT2D eigenvalue weighted by Crippen LogP contribution is -2.23. The Hall–Kier alpha value is -1.48. The fourth-order valence-corrected chi connectivity index (χ4v) is 2.63. The van der Waals surface area contributed by atoms with Crippen molar-refractivity contribution in [3.8, 4) is 5.75 Å². The van der Waals surface area contributed by atoms with Crippen LogP contribution in [0.4, 0.5) is 0 Å². The zero-order valence-corrected chi connectivity index (χ0v) is 12.8. The van der Waals surface area contributed by atoms with Crippen molar-refractivity contribution in [1.82, 2.24) is 9.88 Å². The SMILES string of the molecule is COc1cc(C)cc2c(C)c(CNC(C)C)n(C)c12. The van der Waals surface area contributed by atoms with Crippen molar-refractivity contribution in [2.75, 3.05) is 7.11 Å². The van der Waals surface area contributed by atoms with Crippen LogP contribution in [0.25, 0.3) is 10.9 Å². The van der Waals surface area contributed by atoms with Gasteiger partial charge in [0.25, 0.3) is 0 Å². The molecule has 0 amide bonds. The molecular formula is C16H24N2O. The van der Waals surface area contributed by atoms with Crippen LogP contribution in [-0.4, -0.2) is 17.7 Å². The van der Waals surface area contributed by atoms with Crippen LogP contribution in [0.15, 0.2) is 12.1 Å². The standard InChI is InChI=1S/C16H24N2O/c1-10(2)17-9-14-12(4)13-7-11(3)8-15(19-6)16(13)18(14)5/h7-8,10,17H,9H2,1-6H3. The third kappa shape index (κ3) is 2.47. The summed E-state index contributed by atoms with van der Waals surface area (Å²) in [6.07, 6.45) is 0. The number of aromatic nitrogens is 1. The van der Waals surface area contributed by atoms with Gasteiger partial charge in [0.2, 0.25) is 0 Å². The van der Waals surface area contributed by atoms with Gasteiger partial charge < -0.3 is 14.6 Å². The summed E-state index contributed by atoms with van der Waals surface area (Å²) in [5, 5.41) is 4.79. The molecule has 0 unspecified atom stereocenters. The van der Waals surface area contributed by atoms with Gasteiger partial charge in [0.15, 0.2) is 0 Å². The first-order valence-corrected chi connectivity index (χ1v) is 6.81. The zero-order valence-electron chi connectivity index (χ0n) is 12.8. The summed E-state index contributed by atoms with van der Waals surface area (Å²) >= 11 is 0. The highest BCUT2D eigenvalue weighted by atomic mass is 16.5. The first kappa shape index (κ1) is 13.9. The fraction of sp³-hybridized carbons (Fsp3) is 0.500. The molecule has 1 N–H and O–H groups in total. The summed E-state index contributed by atoms with van der Waals surface area (Å²) in [5.41, 5.74) is 5.09. The molecule has 2 rings (SSSR count). The number of nitrogens with zero attached hydrogens (tertiary/aromatic N) is 1. The Morgan fingerprint density at radius 2 is 1.95 bits per heavy atom. The lowest BCUT2D eigenvalue weighted by molar-refractivity contribution is 0.417. The number of methoxy groups -OCH3 is 1. The average molecular weight is 260 g/mol. The van der Waals surface area contributed by atoms with E-state index in [2.05, 4.69) is 56.8 Å². The van der Waals surface area contributed by atoms with Crippen molar-refractivity contribution in [2.24, 2.45) is 7.05 Å². The summed E-state index contributed by atoms with van der Waals surface area (Å²) in [6.45, 7) is 9.53. The third-order valence-electron chi connectivity index (χ3n) is 3.69. The van der Waals surface area contributed by atoms with Gasteiger partial charge in [0.05, 0.1) is 12.6 Å². The van der Waals surface area contributed by atoms with Crippen molar-refractivity contribution in [3.63, 3.8) is 0 Å². The average Bonchev–Trinajstić information content (AvgIpc) is 2.58. The van der Waals surface area contributed by atoms with E-state index in [-0.39, 0.29) is 0 Å². The largest absolute Gasteiger partial charge is 0.495 e. The molecule has 1 aromatic carbocycles. The van der Waals surface area contributed by atoms with Gasteiger partial charge >= 0.3 is 0 Å². The predicted molar refractivity (Wildman–Crippen MR) is 80.9 cm³/mol. The lowest BCUT2D eigenvalue weighted by Gasteiger charge is -2.11. The van der Waals surface area contributed by atoms with Crippen LogP contribution < -0.4 is 10.1 Å². The van der Waals surface area contributed by atoms with E-state index in [1.807, 2.05) is 0 Å². The molecule has 104 valence electrons. The Labute approximate surface area is 115 Å². The quantitative estimate of drug-likeness (QED) is 0.913. The summed E-state index contributed by atoms with van der Waals surface area (Å²) < 4.78 is 7.79. The normalized spacial score (nSPS) is 11.5. The van der Waals surface area contributed by atoms with Crippen molar-refractivity contribution < 1.29 is 4.74 Å². The molecule has 3 heteroatoms. The van der Waals surface area contributed by atoms with Gasteiger partial charge in [0, 0.05) is 30.7 Å². The number of ether oxygens (including phenoxy) is 1. The van der Waals surface area contributed by atoms with E-state index in [1.165, 1.54) is 27.7 Å². The Bertz CT molecular complexity index is 597. The van der Waals surface area contributed by atoms with Crippen LogP contribution in [0, 0.1) is 13.8 Å². The molecule has 1 aromatic heterocycles. The molecular weight excluding hydrogens is 236 g/mol. The molecule has 1 heterocycles. The number of benzene rings is 1. The third-order valence-corrected chi connectivity index (χ3v) is 3.69. The van der Waals surface area contributed by atoms with Gasteiger partial charge in [-0.25, -0.2) is 0 Å². The molecule has 0 saturated carbocycles. The second-order valence-corrected chi connectivity index (χ2v) is 5.53. The molecule has 3 nitrogen and oxygen atoms in total. The van der Waals surface area contributed by atoms with E-state index in [0.717, 1.165) is 12.3 Å². The van der Waals surface area contributed by atoms with E-state index in [4.69, 9.17) is 4.74 Å². The monoisotopic (exact) mass is 260 g/mol. The van der Waals surface area contributed by atoms with E-state index in [9.17, 15) is 0 Å². The van der Waals surface area contributed by atoms with Crippen LogP contribution in [0.1, 0.15) is 30.7 Å². The van der Waals surface area contributed by atoms with E-state index in [0.29, 0.717) is 6.04 Å². The lowest BCUT2D eigenvalue weighted by atomic mass is 10.1. The summed E-state index contributed by atoms with van der Waals surface area (Å²) in [4.78, 5) is 0. The van der Waals surface area contributed by atoms with Crippen molar-refractivity contribution in [2.45, 2.75) is 40.3 Å². The maximum atomic E-state index is 5.54. The maximum absolute atomic E-state index is 5.54. The highest BCUT2D eigenvalue weighted by Gasteiger charge is 2.15. The molecule has 0 fully saturated rings. The Balaban J connectivity index is 2.61. The van der Waals surface area contributed by atoms with Gasteiger partial charge in [-0.1, -0.05) is 13.8 Å². The first-order valence-electron chi connectivity index (χ1n) is 6.81. The van der Waals surface area contributed by atoms with E-state index in [1.54, 1.807) is 7.11 Å². The molecule has 0 bridgehead atoms. The molecule has 0 aliphatic rings. The van der Waals surface area contributed by atoms with Gasteiger partial charge in [-0.2, -0.15) is 0 Å². The minimum atomic E-state index is 0.487. The number of hydrogen-bond donors (Lipinski definition) is 1. The van der Waals surface area contributed by atoms with Gasteiger partial charge in [0.1, 0.15) is 5.75 Å².